The molecule has 0 bridgehead atoms. The third kappa shape index (κ3) is 7.58. The molecule has 0 aliphatic rings. The highest BCUT2D eigenvalue weighted by atomic mass is 16.5. The molecule has 0 aromatic heterocycles. The van der Waals surface area contributed by atoms with Crippen LogP contribution in [-0.4, -0.2) is 12.6 Å². The van der Waals surface area contributed by atoms with Gasteiger partial charge < -0.3 is 10.1 Å². The van der Waals surface area contributed by atoms with E-state index in [0.29, 0.717) is 13.2 Å². The Morgan fingerprint density at radius 1 is 1.00 bits per heavy atom. The van der Waals surface area contributed by atoms with Gasteiger partial charge in [-0.2, -0.15) is 0 Å². The minimum absolute atomic E-state index is 0.306. The number of alkyl carbamates (subject to hydrolysis) is 1. The van der Waals surface area contributed by atoms with Crippen LogP contribution in [-0.2, 0) is 17.8 Å². The van der Waals surface area contributed by atoms with Gasteiger partial charge in [-0.15, -0.1) is 0 Å². The van der Waals surface area contributed by atoms with Crippen molar-refractivity contribution in [2.75, 3.05) is 6.54 Å². The van der Waals surface area contributed by atoms with Gasteiger partial charge in [0, 0.05) is 18.5 Å². The number of benzene rings is 2. The molecule has 0 fully saturated rings. The summed E-state index contributed by atoms with van der Waals surface area (Å²) in [4.78, 5) is 11.6. The quantitative estimate of drug-likeness (QED) is 0.588. The van der Waals surface area contributed by atoms with E-state index in [1.165, 1.54) is 5.56 Å². The predicted molar refractivity (Wildman–Crippen MR) is 101 cm³/mol. The van der Waals surface area contributed by atoms with E-state index in [2.05, 4.69) is 41.4 Å². The van der Waals surface area contributed by atoms with Gasteiger partial charge in [0.1, 0.15) is 6.61 Å². The first-order valence-electron chi connectivity index (χ1n) is 8.80. The average molecular weight is 335 g/mol. The fourth-order valence-electron chi connectivity index (χ4n) is 2.36. The van der Waals surface area contributed by atoms with Crippen molar-refractivity contribution in [3.05, 3.63) is 71.3 Å². The maximum absolute atomic E-state index is 11.6. The Bertz CT molecular complexity index is 696. The summed E-state index contributed by atoms with van der Waals surface area (Å²) in [5.74, 6) is 6.20. The first-order valence-corrected chi connectivity index (χ1v) is 8.80. The molecule has 130 valence electrons. The van der Waals surface area contributed by atoms with Gasteiger partial charge in [-0.3, -0.25) is 0 Å². The van der Waals surface area contributed by atoms with Crippen LogP contribution in [0.4, 0.5) is 4.79 Å². The first kappa shape index (κ1) is 18.6. The van der Waals surface area contributed by atoms with Crippen molar-refractivity contribution in [1.82, 2.24) is 5.32 Å². The lowest BCUT2D eigenvalue weighted by Gasteiger charge is -2.07. The molecule has 0 saturated carbocycles. The zero-order valence-corrected chi connectivity index (χ0v) is 14.8. The Morgan fingerprint density at radius 3 is 2.48 bits per heavy atom. The van der Waals surface area contributed by atoms with Crippen LogP contribution in [0.25, 0.3) is 0 Å². The first-order chi connectivity index (χ1) is 12.3. The van der Waals surface area contributed by atoms with Crippen LogP contribution in [0.5, 0.6) is 0 Å². The smallest absolute Gasteiger partial charge is 0.407 e. The lowest BCUT2D eigenvalue weighted by Crippen LogP contribution is -2.25. The monoisotopic (exact) mass is 335 g/mol. The van der Waals surface area contributed by atoms with Crippen molar-refractivity contribution in [3.63, 3.8) is 0 Å². The molecule has 0 aliphatic heterocycles. The summed E-state index contributed by atoms with van der Waals surface area (Å²) < 4.78 is 5.18. The van der Waals surface area contributed by atoms with Gasteiger partial charge in [-0.25, -0.2) is 4.79 Å². The van der Waals surface area contributed by atoms with Gasteiger partial charge in [-0.1, -0.05) is 61.2 Å². The second kappa shape index (κ2) is 10.9. The van der Waals surface area contributed by atoms with E-state index in [1.54, 1.807) is 0 Å². The fourth-order valence-corrected chi connectivity index (χ4v) is 2.36. The number of hydrogen-bond donors (Lipinski definition) is 1. The molecule has 3 heteroatoms. The van der Waals surface area contributed by atoms with Crippen LogP contribution in [0.15, 0.2) is 54.6 Å². The molecule has 0 unspecified atom stereocenters. The zero-order chi connectivity index (χ0) is 17.7. The minimum atomic E-state index is -0.359. The van der Waals surface area contributed by atoms with Crippen LogP contribution >= 0.6 is 0 Å². The van der Waals surface area contributed by atoms with Crippen LogP contribution in [0.2, 0.25) is 0 Å². The maximum atomic E-state index is 11.6. The Kier molecular flexibility index (Phi) is 8.14. The predicted octanol–water partition coefficient (Wildman–Crippen LogP) is 4.70. The number of rotatable bonds is 7. The largest absolute Gasteiger partial charge is 0.445 e. The molecule has 2 rings (SSSR count). The summed E-state index contributed by atoms with van der Waals surface area (Å²) in [5, 5.41) is 2.79. The third-order valence-electron chi connectivity index (χ3n) is 3.74. The highest BCUT2D eigenvalue weighted by Gasteiger charge is 2.01. The van der Waals surface area contributed by atoms with Gasteiger partial charge in [-0.05, 0) is 42.5 Å². The Morgan fingerprint density at radius 2 is 1.76 bits per heavy atom. The number of amides is 1. The van der Waals surface area contributed by atoms with Gasteiger partial charge >= 0.3 is 6.09 Å². The van der Waals surface area contributed by atoms with E-state index in [4.69, 9.17) is 4.74 Å². The number of unbranched alkanes of at least 4 members (excludes halogenated alkanes) is 1. The summed E-state index contributed by atoms with van der Waals surface area (Å²) in [6.07, 6.45) is 3.48. The third-order valence-corrected chi connectivity index (χ3v) is 3.74. The number of carbonyl (C=O) groups is 1. The van der Waals surface area contributed by atoms with Crippen LogP contribution in [0.3, 0.4) is 0 Å². The summed E-state index contributed by atoms with van der Waals surface area (Å²) >= 11 is 0. The van der Waals surface area contributed by atoms with Crippen molar-refractivity contribution in [2.45, 2.75) is 39.2 Å². The van der Waals surface area contributed by atoms with E-state index in [0.717, 1.165) is 36.8 Å². The molecule has 0 aliphatic carbocycles. The number of ether oxygens (including phenoxy) is 1. The molecule has 0 spiro atoms. The summed E-state index contributed by atoms with van der Waals surface area (Å²) in [7, 11) is 0. The number of nitrogens with one attached hydrogen (secondary N) is 1. The van der Waals surface area contributed by atoms with E-state index < -0.39 is 0 Å². The highest BCUT2D eigenvalue weighted by molar-refractivity contribution is 5.67. The van der Waals surface area contributed by atoms with Gasteiger partial charge in [0.2, 0.25) is 0 Å². The van der Waals surface area contributed by atoms with Gasteiger partial charge in [0.15, 0.2) is 0 Å². The number of carbonyl (C=O) groups excluding carboxylic acids is 1. The molecule has 25 heavy (non-hydrogen) atoms. The molecule has 2 aromatic rings. The topological polar surface area (TPSA) is 38.3 Å². The summed E-state index contributed by atoms with van der Waals surface area (Å²) in [6, 6.07) is 18.1. The molecule has 1 amide bonds. The van der Waals surface area contributed by atoms with E-state index >= 15 is 0 Å². The molecule has 1 N–H and O–H groups in total. The molecule has 0 atom stereocenters. The highest BCUT2D eigenvalue weighted by Crippen LogP contribution is 2.07. The van der Waals surface area contributed by atoms with E-state index in [-0.39, 0.29) is 6.09 Å². The summed E-state index contributed by atoms with van der Waals surface area (Å²) in [6.45, 7) is 2.99. The molecule has 0 radical (unpaired) electrons. The second-order valence-electron chi connectivity index (χ2n) is 5.80. The Labute approximate surface area is 150 Å². The molecular formula is C22H25NO2. The maximum Gasteiger partial charge on any atom is 0.407 e. The van der Waals surface area contributed by atoms with Crippen LogP contribution in [0.1, 0.15) is 42.9 Å². The van der Waals surface area contributed by atoms with Crippen molar-refractivity contribution in [2.24, 2.45) is 0 Å². The Hall–Kier alpha value is -2.73. The molecule has 3 nitrogen and oxygen atoms in total. The molecule has 2 aromatic carbocycles. The van der Waals surface area contributed by atoms with Crippen molar-refractivity contribution in [3.8, 4) is 11.8 Å². The van der Waals surface area contributed by atoms with Crippen LogP contribution < -0.4 is 5.32 Å². The summed E-state index contributed by atoms with van der Waals surface area (Å²) in [5.41, 5.74) is 3.35. The molecule has 0 heterocycles. The number of aryl methyl sites for hydroxylation is 1. The average Bonchev–Trinajstić information content (AvgIpc) is 2.66. The van der Waals surface area contributed by atoms with Gasteiger partial charge in [0.05, 0.1) is 0 Å². The standard InChI is InChI=1S/C22H25NO2/c1-2-3-9-19-13-15-20(16-14-19)10-7-8-17-23-22(24)25-18-21-11-5-4-6-12-21/h4-6,11-16H,2,7-8,10,17-18H2,1H3,(H,23,24). The minimum Gasteiger partial charge on any atom is -0.445 e. The van der Waals surface area contributed by atoms with Gasteiger partial charge in [0.25, 0.3) is 0 Å². The zero-order valence-electron chi connectivity index (χ0n) is 14.8. The van der Waals surface area contributed by atoms with Crippen LogP contribution in [0, 0.1) is 11.8 Å². The molecular weight excluding hydrogens is 310 g/mol. The fraction of sp³-hybridized carbons (Fsp3) is 0.318. The molecule has 0 saturated heterocycles. The number of hydrogen-bond acceptors (Lipinski definition) is 2. The van der Waals surface area contributed by atoms with E-state index in [1.807, 2.05) is 37.3 Å². The van der Waals surface area contributed by atoms with Crippen molar-refractivity contribution in [1.29, 1.82) is 0 Å². The Balaban J connectivity index is 1.57. The second-order valence-corrected chi connectivity index (χ2v) is 5.80. The SMILES string of the molecule is CCC#Cc1ccc(CCCCNC(=O)OCc2ccccc2)cc1. The normalized spacial score (nSPS) is 9.80. The van der Waals surface area contributed by atoms with Crippen molar-refractivity contribution >= 4 is 6.09 Å². The van der Waals surface area contributed by atoms with E-state index in [9.17, 15) is 4.79 Å². The lowest BCUT2D eigenvalue weighted by molar-refractivity contribution is 0.139. The van der Waals surface area contributed by atoms with Crippen molar-refractivity contribution < 1.29 is 9.53 Å². The lowest BCUT2D eigenvalue weighted by atomic mass is 10.1.